The van der Waals surface area contributed by atoms with E-state index in [1.54, 1.807) is 0 Å². The third kappa shape index (κ3) is 29.9. The van der Waals surface area contributed by atoms with Gasteiger partial charge in [0.25, 0.3) is 0 Å². The Bertz CT molecular complexity index is 866. The standard InChI is InChI=1S/C51H99NO6/c1-8-12-22-30-46(31-23-13-9-2)37-42-55-49(53)34-26-18-16-20-28-39-51(57-44-48(58-51)36-41-52(7)45(5)6)40-29-21-17-19-27-35-50(54)56-43-38-47(32-24-14-10-3)33-25-15-11-4/h45-48H,8-44H2,1-7H3/t48-/m0/s1. The maximum absolute atomic E-state index is 12.5. The van der Waals surface area contributed by atoms with Gasteiger partial charge in [0.2, 0.25) is 0 Å². The minimum Gasteiger partial charge on any atom is -0.466 e. The van der Waals surface area contributed by atoms with Crippen molar-refractivity contribution >= 4 is 11.9 Å². The average Bonchev–Trinajstić information content (AvgIpc) is 3.61. The summed E-state index contributed by atoms with van der Waals surface area (Å²) < 4.78 is 24.6. The SMILES string of the molecule is CCCCCC(CCCCC)CCOC(=O)CCCCCCCC1(CCCCCCCC(=O)OCCC(CCCCC)CCCCC)OC[C@H](CCN(C)C(C)C)O1. The predicted octanol–water partition coefficient (Wildman–Crippen LogP) is 14.7. The van der Waals surface area contributed by atoms with E-state index in [0.717, 1.165) is 103 Å². The molecule has 1 saturated heterocycles. The third-order valence-electron chi connectivity index (χ3n) is 12.9. The van der Waals surface area contributed by atoms with Crippen LogP contribution in [0, 0.1) is 11.8 Å². The predicted molar refractivity (Wildman–Crippen MR) is 245 cm³/mol. The highest BCUT2D eigenvalue weighted by atomic mass is 16.7. The lowest BCUT2D eigenvalue weighted by Gasteiger charge is -2.29. The first-order valence-electron chi connectivity index (χ1n) is 25.5. The van der Waals surface area contributed by atoms with Crippen molar-refractivity contribution in [2.75, 3.05) is 33.4 Å². The van der Waals surface area contributed by atoms with Gasteiger partial charge < -0.3 is 23.8 Å². The second kappa shape index (κ2) is 37.6. The number of carbonyl (C=O) groups is 2. The van der Waals surface area contributed by atoms with Crippen molar-refractivity contribution in [2.45, 2.75) is 271 Å². The van der Waals surface area contributed by atoms with E-state index in [2.05, 4.69) is 53.5 Å². The Morgan fingerprint density at radius 3 is 1.36 bits per heavy atom. The number of ether oxygens (including phenoxy) is 4. The van der Waals surface area contributed by atoms with Crippen LogP contribution in [0.3, 0.4) is 0 Å². The average molecular weight is 822 g/mol. The highest BCUT2D eigenvalue weighted by Gasteiger charge is 2.40. The molecule has 0 aliphatic carbocycles. The Hall–Kier alpha value is -1.18. The summed E-state index contributed by atoms with van der Waals surface area (Å²) in [7, 11) is 2.19. The summed E-state index contributed by atoms with van der Waals surface area (Å²) in [6.07, 6.45) is 37.4. The number of hydrogen-bond donors (Lipinski definition) is 0. The fourth-order valence-corrected chi connectivity index (χ4v) is 8.56. The van der Waals surface area contributed by atoms with Crippen molar-refractivity contribution < 1.29 is 28.5 Å². The molecule has 0 aromatic carbocycles. The van der Waals surface area contributed by atoms with E-state index in [4.69, 9.17) is 18.9 Å². The second-order valence-corrected chi connectivity index (χ2v) is 18.6. The lowest BCUT2D eigenvalue weighted by Crippen LogP contribution is -2.33. The van der Waals surface area contributed by atoms with Crippen molar-refractivity contribution in [3.05, 3.63) is 0 Å². The molecule has 0 spiro atoms. The van der Waals surface area contributed by atoms with Gasteiger partial charge >= 0.3 is 11.9 Å². The summed E-state index contributed by atoms with van der Waals surface area (Å²) in [5.41, 5.74) is 0. The molecule has 344 valence electrons. The normalized spacial score (nSPS) is 15.4. The lowest BCUT2D eigenvalue weighted by molar-refractivity contribution is -0.180. The molecule has 7 heteroatoms. The monoisotopic (exact) mass is 822 g/mol. The van der Waals surface area contributed by atoms with Crippen molar-refractivity contribution in [3.63, 3.8) is 0 Å². The van der Waals surface area contributed by atoms with Gasteiger partial charge in [-0.15, -0.1) is 0 Å². The molecule has 0 amide bonds. The minimum atomic E-state index is -0.468. The Morgan fingerprint density at radius 1 is 0.569 bits per heavy atom. The van der Waals surface area contributed by atoms with E-state index in [1.165, 1.54) is 103 Å². The second-order valence-electron chi connectivity index (χ2n) is 18.6. The molecule has 1 aliphatic rings. The lowest BCUT2D eigenvalue weighted by atomic mass is 9.92. The molecule has 1 heterocycles. The Balaban J connectivity index is 2.37. The summed E-state index contributed by atoms with van der Waals surface area (Å²) in [6.45, 7) is 16.4. The number of nitrogens with zero attached hydrogens (tertiary/aromatic N) is 1. The zero-order valence-electron chi connectivity index (χ0n) is 39.9. The van der Waals surface area contributed by atoms with Gasteiger partial charge in [-0.05, 0) is 77.7 Å². The fraction of sp³-hybridized carbons (Fsp3) is 0.961. The Morgan fingerprint density at radius 2 is 0.966 bits per heavy atom. The van der Waals surface area contributed by atoms with Crippen LogP contribution in [0.1, 0.15) is 253 Å². The molecular formula is C51H99NO6. The van der Waals surface area contributed by atoms with Crippen LogP contribution in [0.15, 0.2) is 0 Å². The quantitative estimate of drug-likeness (QED) is 0.0448. The molecule has 0 bridgehead atoms. The smallest absolute Gasteiger partial charge is 0.305 e. The molecule has 0 unspecified atom stereocenters. The van der Waals surface area contributed by atoms with Crippen LogP contribution in [0.25, 0.3) is 0 Å². The Kier molecular flexibility index (Phi) is 35.5. The van der Waals surface area contributed by atoms with Gasteiger partial charge in [-0.2, -0.15) is 0 Å². The summed E-state index contributed by atoms with van der Waals surface area (Å²) in [5, 5.41) is 0. The van der Waals surface area contributed by atoms with Crippen molar-refractivity contribution in [1.82, 2.24) is 4.90 Å². The van der Waals surface area contributed by atoms with Gasteiger partial charge in [0, 0.05) is 38.3 Å². The molecular weight excluding hydrogens is 723 g/mol. The molecule has 1 fully saturated rings. The van der Waals surface area contributed by atoms with Gasteiger partial charge in [0.15, 0.2) is 5.79 Å². The number of unbranched alkanes of at least 4 members (excludes halogenated alkanes) is 16. The zero-order valence-corrected chi connectivity index (χ0v) is 39.9. The van der Waals surface area contributed by atoms with Crippen LogP contribution in [-0.4, -0.2) is 68.2 Å². The molecule has 0 N–H and O–H groups in total. The van der Waals surface area contributed by atoms with Crippen LogP contribution >= 0.6 is 0 Å². The highest BCUT2D eigenvalue weighted by Crippen LogP contribution is 2.36. The van der Waals surface area contributed by atoms with E-state index in [0.29, 0.717) is 50.5 Å². The van der Waals surface area contributed by atoms with E-state index in [-0.39, 0.29) is 18.0 Å². The van der Waals surface area contributed by atoms with Crippen molar-refractivity contribution in [3.8, 4) is 0 Å². The van der Waals surface area contributed by atoms with Gasteiger partial charge in [0.05, 0.1) is 25.9 Å². The first-order chi connectivity index (χ1) is 28.2. The van der Waals surface area contributed by atoms with Crippen LogP contribution < -0.4 is 0 Å². The van der Waals surface area contributed by atoms with Crippen LogP contribution in [-0.2, 0) is 28.5 Å². The third-order valence-corrected chi connectivity index (χ3v) is 12.9. The summed E-state index contributed by atoms with van der Waals surface area (Å²) >= 11 is 0. The number of carbonyl (C=O) groups excluding carboxylic acids is 2. The summed E-state index contributed by atoms with van der Waals surface area (Å²) in [6, 6.07) is 0.525. The molecule has 7 nitrogen and oxygen atoms in total. The first kappa shape index (κ1) is 54.8. The maximum Gasteiger partial charge on any atom is 0.305 e. The highest BCUT2D eigenvalue weighted by molar-refractivity contribution is 5.69. The van der Waals surface area contributed by atoms with Gasteiger partial charge in [-0.3, -0.25) is 9.59 Å². The van der Waals surface area contributed by atoms with E-state index < -0.39 is 5.79 Å². The molecule has 1 aliphatic heterocycles. The van der Waals surface area contributed by atoms with Crippen LogP contribution in [0.2, 0.25) is 0 Å². The van der Waals surface area contributed by atoms with Gasteiger partial charge in [-0.1, -0.05) is 169 Å². The zero-order chi connectivity index (χ0) is 42.5. The number of esters is 2. The van der Waals surface area contributed by atoms with Gasteiger partial charge in [0.1, 0.15) is 0 Å². The molecule has 1 rings (SSSR count). The molecule has 58 heavy (non-hydrogen) atoms. The van der Waals surface area contributed by atoms with Crippen molar-refractivity contribution in [1.29, 1.82) is 0 Å². The minimum absolute atomic E-state index is 0.0173. The van der Waals surface area contributed by atoms with Gasteiger partial charge in [-0.25, -0.2) is 0 Å². The molecule has 1 atom stereocenters. The fourth-order valence-electron chi connectivity index (χ4n) is 8.56. The summed E-state index contributed by atoms with van der Waals surface area (Å²) in [5.74, 6) is 0.903. The molecule has 0 saturated carbocycles. The molecule has 0 radical (unpaired) electrons. The number of rotatable bonds is 42. The van der Waals surface area contributed by atoms with E-state index in [1.807, 2.05) is 0 Å². The summed E-state index contributed by atoms with van der Waals surface area (Å²) in [4.78, 5) is 27.3. The van der Waals surface area contributed by atoms with Crippen molar-refractivity contribution in [2.24, 2.45) is 11.8 Å². The molecule has 0 aromatic heterocycles. The Labute approximate surface area is 361 Å². The van der Waals surface area contributed by atoms with Crippen LogP contribution in [0.4, 0.5) is 0 Å². The van der Waals surface area contributed by atoms with E-state index in [9.17, 15) is 9.59 Å². The van der Waals surface area contributed by atoms with E-state index >= 15 is 0 Å². The first-order valence-corrected chi connectivity index (χ1v) is 25.5. The van der Waals surface area contributed by atoms with Crippen LogP contribution in [0.5, 0.6) is 0 Å². The number of hydrogen-bond acceptors (Lipinski definition) is 7. The topological polar surface area (TPSA) is 74.3 Å². The largest absolute Gasteiger partial charge is 0.466 e. The maximum atomic E-state index is 12.5. The molecule has 0 aromatic rings.